The lowest BCUT2D eigenvalue weighted by Crippen LogP contribution is -2.24. The van der Waals surface area contributed by atoms with Gasteiger partial charge in [-0.1, -0.05) is 18.2 Å². The molecule has 0 spiro atoms. The number of nitrogens with one attached hydrogen (secondary N) is 1. The van der Waals surface area contributed by atoms with Crippen LogP contribution in [0.15, 0.2) is 48.5 Å². The number of hydrogen-bond acceptors (Lipinski definition) is 2. The molecule has 4 nitrogen and oxygen atoms in total. The van der Waals surface area contributed by atoms with E-state index < -0.39 is 23.2 Å². The second-order valence-corrected chi connectivity index (χ2v) is 5.70. The number of anilines is 2. The molecule has 2 aromatic rings. The summed E-state index contributed by atoms with van der Waals surface area (Å²) in [5.74, 6) is -0.858. The molecule has 0 saturated carbocycles. The minimum Gasteiger partial charge on any atom is -0.322 e. The highest BCUT2D eigenvalue weighted by atomic mass is 19.4. The van der Waals surface area contributed by atoms with E-state index in [-0.39, 0.29) is 5.91 Å². The molecule has 0 atom stereocenters. The van der Waals surface area contributed by atoms with Gasteiger partial charge >= 0.3 is 6.18 Å². The van der Waals surface area contributed by atoms with E-state index in [1.807, 2.05) is 0 Å². The van der Waals surface area contributed by atoms with Crippen molar-refractivity contribution in [3.8, 4) is 0 Å². The topological polar surface area (TPSA) is 49.4 Å². The molecule has 0 aromatic heterocycles. The van der Waals surface area contributed by atoms with E-state index >= 15 is 0 Å². The van der Waals surface area contributed by atoms with Gasteiger partial charge in [-0.15, -0.1) is 0 Å². The van der Waals surface area contributed by atoms with Gasteiger partial charge in [0.05, 0.1) is 11.1 Å². The van der Waals surface area contributed by atoms with Gasteiger partial charge in [-0.2, -0.15) is 13.2 Å². The lowest BCUT2D eigenvalue weighted by molar-refractivity contribution is -0.137. The smallest absolute Gasteiger partial charge is 0.322 e. The Bertz CT molecular complexity index is 818. The highest BCUT2D eigenvalue weighted by Gasteiger charge is 2.34. The van der Waals surface area contributed by atoms with Gasteiger partial charge in [0, 0.05) is 24.3 Å². The van der Waals surface area contributed by atoms with Crippen LogP contribution in [-0.4, -0.2) is 18.4 Å². The zero-order valence-electron chi connectivity index (χ0n) is 13.1. The van der Waals surface area contributed by atoms with Gasteiger partial charge in [0.25, 0.3) is 5.91 Å². The SMILES string of the molecule is O=C(Nc1cccc(N2CCCC2=O)c1)c1ccccc1C(F)(F)F. The monoisotopic (exact) mass is 348 g/mol. The molecule has 1 N–H and O–H groups in total. The summed E-state index contributed by atoms with van der Waals surface area (Å²) in [6.07, 6.45) is -3.39. The largest absolute Gasteiger partial charge is 0.417 e. The predicted octanol–water partition coefficient (Wildman–Crippen LogP) is 4.08. The van der Waals surface area contributed by atoms with Crippen LogP contribution in [0.5, 0.6) is 0 Å². The standard InChI is InChI=1S/C18H15F3N2O2/c19-18(20,21)15-8-2-1-7-14(15)17(25)22-12-5-3-6-13(11-12)23-10-4-9-16(23)24/h1-3,5-8,11H,4,9-10H2,(H,22,25). The van der Waals surface area contributed by atoms with Crippen LogP contribution in [0.2, 0.25) is 0 Å². The maximum absolute atomic E-state index is 13.0. The number of hydrogen-bond donors (Lipinski definition) is 1. The van der Waals surface area contributed by atoms with Crippen molar-refractivity contribution < 1.29 is 22.8 Å². The molecule has 3 rings (SSSR count). The first-order valence-corrected chi connectivity index (χ1v) is 7.74. The molecule has 130 valence electrons. The molecule has 0 aliphatic carbocycles. The first-order chi connectivity index (χ1) is 11.9. The summed E-state index contributed by atoms with van der Waals surface area (Å²) in [7, 11) is 0. The number of rotatable bonds is 3. The van der Waals surface area contributed by atoms with Gasteiger partial charge in [0.2, 0.25) is 5.91 Å². The minimum atomic E-state index is -4.61. The van der Waals surface area contributed by atoms with Crippen LogP contribution in [0.1, 0.15) is 28.8 Å². The molecule has 2 aromatic carbocycles. The second kappa shape index (κ2) is 6.58. The van der Waals surface area contributed by atoms with Crippen LogP contribution in [0, 0.1) is 0 Å². The highest BCUT2D eigenvalue weighted by molar-refractivity contribution is 6.06. The molecule has 0 unspecified atom stereocenters. The first kappa shape index (κ1) is 17.0. The Kier molecular flexibility index (Phi) is 4.48. The Morgan fingerprint density at radius 1 is 1.08 bits per heavy atom. The van der Waals surface area contributed by atoms with Gasteiger partial charge in [0.1, 0.15) is 0 Å². The van der Waals surface area contributed by atoms with Crippen molar-refractivity contribution in [2.45, 2.75) is 19.0 Å². The minimum absolute atomic E-state index is 0.00843. The van der Waals surface area contributed by atoms with Crippen molar-refractivity contribution in [1.82, 2.24) is 0 Å². The van der Waals surface area contributed by atoms with Crippen LogP contribution < -0.4 is 10.2 Å². The van der Waals surface area contributed by atoms with Gasteiger partial charge in [-0.05, 0) is 36.8 Å². The van der Waals surface area contributed by atoms with Gasteiger partial charge < -0.3 is 10.2 Å². The fraction of sp³-hybridized carbons (Fsp3) is 0.222. The maximum atomic E-state index is 13.0. The first-order valence-electron chi connectivity index (χ1n) is 7.74. The van der Waals surface area contributed by atoms with Crippen LogP contribution in [0.25, 0.3) is 0 Å². The summed E-state index contributed by atoms with van der Waals surface area (Å²) in [5.41, 5.74) is -0.486. The Balaban J connectivity index is 1.84. The molecule has 7 heteroatoms. The average Bonchev–Trinajstić information content (AvgIpc) is 3.00. The predicted molar refractivity (Wildman–Crippen MR) is 87.4 cm³/mol. The lowest BCUT2D eigenvalue weighted by Gasteiger charge is -2.17. The van der Waals surface area contributed by atoms with Crippen LogP contribution in [0.3, 0.4) is 0 Å². The van der Waals surface area contributed by atoms with E-state index in [0.717, 1.165) is 18.6 Å². The van der Waals surface area contributed by atoms with Crippen molar-refractivity contribution >= 4 is 23.2 Å². The molecule has 25 heavy (non-hydrogen) atoms. The molecular formula is C18H15F3N2O2. The van der Waals surface area contributed by atoms with E-state index in [2.05, 4.69) is 5.32 Å². The Morgan fingerprint density at radius 3 is 2.52 bits per heavy atom. The highest BCUT2D eigenvalue weighted by Crippen LogP contribution is 2.32. The summed E-state index contributed by atoms with van der Waals surface area (Å²) in [6.45, 7) is 0.590. The number of nitrogens with zero attached hydrogens (tertiary/aromatic N) is 1. The average molecular weight is 348 g/mol. The number of alkyl halides is 3. The van der Waals surface area contributed by atoms with E-state index in [0.29, 0.717) is 24.3 Å². The zero-order valence-corrected chi connectivity index (χ0v) is 13.1. The lowest BCUT2D eigenvalue weighted by atomic mass is 10.1. The fourth-order valence-corrected chi connectivity index (χ4v) is 2.80. The Hall–Kier alpha value is -2.83. The molecule has 1 aliphatic rings. The Morgan fingerprint density at radius 2 is 1.84 bits per heavy atom. The van der Waals surface area contributed by atoms with Crippen LogP contribution in [-0.2, 0) is 11.0 Å². The van der Waals surface area contributed by atoms with Gasteiger partial charge in [0.15, 0.2) is 0 Å². The molecular weight excluding hydrogens is 333 g/mol. The fourth-order valence-electron chi connectivity index (χ4n) is 2.80. The van der Waals surface area contributed by atoms with Crippen LogP contribution in [0.4, 0.5) is 24.5 Å². The van der Waals surface area contributed by atoms with Crippen molar-refractivity contribution in [2.24, 2.45) is 0 Å². The van der Waals surface area contributed by atoms with Gasteiger partial charge in [-0.3, -0.25) is 9.59 Å². The molecule has 0 bridgehead atoms. The summed E-state index contributed by atoms with van der Waals surface area (Å²) in [6, 6.07) is 11.1. The third kappa shape index (κ3) is 3.65. The zero-order chi connectivity index (χ0) is 18.0. The Labute approximate surface area is 142 Å². The quantitative estimate of drug-likeness (QED) is 0.908. The summed E-state index contributed by atoms with van der Waals surface area (Å²) in [4.78, 5) is 25.7. The third-order valence-corrected chi connectivity index (χ3v) is 3.97. The van der Waals surface area contributed by atoms with E-state index in [9.17, 15) is 22.8 Å². The van der Waals surface area contributed by atoms with Crippen molar-refractivity contribution in [1.29, 1.82) is 0 Å². The number of benzene rings is 2. The number of carbonyl (C=O) groups is 2. The third-order valence-electron chi connectivity index (χ3n) is 3.97. The van der Waals surface area contributed by atoms with Gasteiger partial charge in [-0.25, -0.2) is 0 Å². The van der Waals surface area contributed by atoms with Crippen molar-refractivity contribution in [3.05, 3.63) is 59.7 Å². The number of carbonyl (C=O) groups excluding carboxylic acids is 2. The molecule has 0 radical (unpaired) electrons. The molecule has 1 saturated heterocycles. The molecule has 1 fully saturated rings. The van der Waals surface area contributed by atoms with Crippen LogP contribution >= 0.6 is 0 Å². The van der Waals surface area contributed by atoms with E-state index in [1.54, 1.807) is 29.2 Å². The normalized spacial score (nSPS) is 14.7. The maximum Gasteiger partial charge on any atom is 0.417 e. The molecule has 1 heterocycles. The second-order valence-electron chi connectivity index (χ2n) is 5.70. The van der Waals surface area contributed by atoms with Crippen molar-refractivity contribution in [2.75, 3.05) is 16.8 Å². The number of halogens is 3. The number of amides is 2. The van der Waals surface area contributed by atoms with E-state index in [4.69, 9.17) is 0 Å². The summed E-state index contributed by atoms with van der Waals surface area (Å²) >= 11 is 0. The summed E-state index contributed by atoms with van der Waals surface area (Å²) in [5, 5.41) is 2.47. The molecule has 1 aliphatic heterocycles. The molecule has 2 amide bonds. The van der Waals surface area contributed by atoms with Crippen molar-refractivity contribution in [3.63, 3.8) is 0 Å². The summed E-state index contributed by atoms with van der Waals surface area (Å²) < 4.78 is 39.1. The van der Waals surface area contributed by atoms with E-state index in [1.165, 1.54) is 12.1 Å².